The molecular formula is C15H16FNO4S2. The van der Waals surface area contributed by atoms with Crippen LogP contribution in [0.1, 0.15) is 11.1 Å². The zero-order valence-corrected chi connectivity index (χ0v) is 14.2. The summed E-state index contributed by atoms with van der Waals surface area (Å²) < 4.78 is 62.8. The highest BCUT2D eigenvalue weighted by Gasteiger charge is 2.17. The van der Waals surface area contributed by atoms with Crippen LogP contribution in [-0.4, -0.2) is 23.1 Å². The van der Waals surface area contributed by atoms with Crippen LogP contribution >= 0.6 is 0 Å². The molecule has 2 aromatic rings. The van der Waals surface area contributed by atoms with E-state index in [1.165, 1.54) is 36.4 Å². The van der Waals surface area contributed by atoms with E-state index in [2.05, 4.69) is 4.72 Å². The van der Waals surface area contributed by atoms with Gasteiger partial charge in [0, 0.05) is 12.8 Å². The molecule has 0 aliphatic rings. The van der Waals surface area contributed by atoms with E-state index in [1.807, 2.05) is 0 Å². The minimum atomic E-state index is -3.86. The smallest absolute Gasteiger partial charge is 0.224 e. The van der Waals surface area contributed by atoms with E-state index in [4.69, 9.17) is 0 Å². The summed E-state index contributed by atoms with van der Waals surface area (Å²) in [6.45, 7) is 1.55. The van der Waals surface area contributed by atoms with Crippen LogP contribution in [0.4, 0.5) is 4.39 Å². The summed E-state index contributed by atoms with van der Waals surface area (Å²) in [5.41, 5.74) is 1.03. The van der Waals surface area contributed by atoms with Crippen molar-refractivity contribution in [3.63, 3.8) is 0 Å². The molecule has 0 aliphatic carbocycles. The van der Waals surface area contributed by atoms with Gasteiger partial charge >= 0.3 is 0 Å². The topological polar surface area (TPSA) is 80.3 Å². The monoisotopic (exact) mass is 357 g/mol. The fraction of sp³-hybridized carbons (Fsp3) is 0.200. The Hall–Kier alpha value is -1.77. The first-order chi connectivity index (χ1) is 10.6. The SMILES string of the molecule is Cc1ccc(F)cc1S(=O)(=O)NCc1ccc(S(C)(=O)=O)cc1. The van der Waals surface area contributed by atoms with Gasteiger partial charge in [0.25, 0.3) is 0 Å². The van der Waals surface area contributed by atoms with E-state index >= 15 is 0 Å². The van der Waals surface area contributed by atoms with Gasteiger partial charge in [0.15, 0.2) is 9.84 Å². The third-order valence-corrected chi connectivity index (χ3v) is 5.93. The summed E-state index contributed by atoms with van der Waals surface area (Å²) >= 11 is 0. The minimum absolute atomic E-state index is 0.0255. The average molecular weight is 357 g/mol. The van der Waals surface area contributed by atoms with E-state index in [9.17, 15) is 21.2 Å². The van der Waals surface area contributed by atoms with Crippen LogP contribution in [-0.2, 0) is 26.4 Å². The fourth-order valence-electron chi connectivity index (χ4n) is 1.97. The molecule has 2 aromatic carbocycles. The molecule has 0 aliphatic heterocycles. The maximum atomic E-state index is 13.2. The van der Waals surface area contributed by atoms with Crippen molar-refractivity contribution >= 4 is 19.9 Å². The van der Waals surface area contributed by atoms with Crippen LogP contribution in [0.5, 0.6) is 0 Å². The first-order valence-corrected chi connectivity index (χ1v) is 10.0. The summed E-state index contributed by atoms with van der Waals surface area (Å²) in [5, 5.41) is 0. The number of hydrogen-bond donors (Lipinski definition) is 1. The zero-order valence-electron chi connectivity index (χ0n) is 12.6. The first-order valence-electron chi connectivity index (χ1n) is 6.64. The lowest BCUT2D eigenvalue weighted by Crippen LogP contribution is -2.24. The quantitative estimate of drug-likeness (QED) is 0.888. The van der Waals surface area contributed by atoms with Gasteiger partial charge in [0.1, 0.15) is 5.82 Å². The molecule has 2 rings (SSSR count). The molecule has 0 saturated heterocycles. The normalized spacial score (nSPS) is 12.3. The predicted octanol–water partition coefficient (Wildman–Crippen LogP) is 2.02. The van der Waals surface area contributed by atoms with Gasteiger partial charge in [0.2, 0.25) is 10.0 Å². The second kappa shape index (κ2) is 6.38. The summed E-state index contributed by atoms with van der Waals surface area (Å²) in [5.74, 6) is -0.631. The highest BCUT2D eigenvalue weighted by molar-refractivity contribution is 7.90. The predicted molar refractivity (Wildman–Crippen MR) is 84.7 cm³/mol. The molecule has 0 atom stereocenters. The summed E-state index contributed by atoms with van der Waals surface area (Å²) in [4.78, 5) is 0.0374. The zero-order chi connectivity index (χ0) is 17.3. The molecular weight excluding hydrogens is 341 g/mol. The summed E-state index contributed by atoms with van der Waals surface area (Å²) in [6.07, 6.45) is 1.09. The number of benzene rings is 2. The Morgan fingerprint density at radius 1 is 1.00 bits per heavy atom. The Kier molecular flexibility index (Phi) is 4.88. The number of sulfonamides is 1. The van der Waals surface area contributed by atoms with Crippen molar-refractivity contribution in [1.29, 1.82) is 0 Å². The molecule has 0 radical (unpaired) electrons. The molecule has 124 valence electrons. The third kappa shape index (κ3) is 4.37. The second-order valence-corrected chi connectivity index (χ2v) is 8.90. The van der Waals surface area contributed by atoms with E-state index in [0.29, 0.717) is 11.1 Å². The highest BCUT2D eigenvalue weighted by atomic mass is 32.2. The van der Waals surface area contributed by atoms with Gasteiger partial charge in [-0.2, -0.15) is 0 Å². The highest BCUT2D eigenvalue weighted by Crippen LogP contribution is 2.17. The summed E-state index contributed by atoms with van der Waals surface area (Å²) in [7, 11) is -7.16. The maximum Gasteiger partial charge on any atom is 0.241 e. The van der Waals surface area contributed by atoms with E-state index in [1.54, 1.807) is 6.92 Å². The van der Waals surface area contributed by atoms with Crippen molar-refractivity contribution in [2.24, 2.45) is 0 Å². The minimum Gasteiger partial charge on any atom is -0.224 e. The number of halogens is 1. The Morgan fingerprint density at radius 2 is 1.61 bits per heavy atom. The third-order valence-electron chi connectivity index (χ3n) is 3.26. The Balaban J connectivity index is 2.18. The number of hydrogen-bond acceptors (Lipinski definition) is 4. The Bertz CT molecular complexity index is 920. The Labute approximate surface area is 135 Å². The lowest BCUT2D eigenvalue weighted by Gasteiger charge is -2.10. The van der Waals surface area contributed by atoms with Crippen LogP contribution in [0, 0.1) is 12.7 Å². The molecule has 8 heteroatoms. The van der Waals surface area contributed by atoms with Gasteiger partial charge in [-0.1, -0.05) is 18.2 Å². The fourth-order valence-corrected chi connectivity index (χ4v) is 3.88. The van der Waals surface area contributed by atoms with Gasteiger partial charge < -0.3 is 0 Å². The van der Waals surface area contributed by atoms with E-state index < -0.39 is 25.7 Å². The number of rotatable bonds is 5. The van der Waals surface area contributed by atoms with E-state index in [-0.39, 0.29) is 16.3 Å². The number of aryl methyl sites for hydroxylation is 1. The molecule has 0 fully saturated rings. The van der Waals surface area contributed by atoms with E-state index in [0.717, 1.165) is 12.3 Å². The first kappa shape index (κ1) is 17.6. The molecule has 0 heterocycles. The van der Waals surface area contributed by atoms with Crippen molar-refractivity contribution in [1.82, 2.24) is 4.72 Å². The molecule has 0 aromatic heterocycles. The van der Waals surface area contributed by atoms with Crippen LogP contribution in [0.15, 0.2) is 52.3 Å². The van der Waals surface area contributed by atoms with Crippen LogP contribution in [0.2, 0.25) is 0 Å². The van der Waals surface area contributed by atoms with Crippen LogP contribution < -0.4 is 4.72 Å². The van der Waals surface area contributed by atoms with Crippen molar-refractivity contribution in [3.8, 4) is 0 Å². The van der Waals surface area contributed by atoms with Gasteiger partial charge in [-0.15, -0.1) is 0 Å². The average Bonchev–Trinajstić information content (AvgIpc) is 2.47. The lowest BCUT2D eigenvalue weighted by atomic mass is 10.2. The van der Waals surface area contributed by atoms with Crippen molar-refractivity contribution in [2.75, 3.05) is 6.26 Å². The van der Waals surface area contributed by atoms with Gasteiger partial charge in [-0.3, -0.25) is 0 Å². The molecule has 23 heavy (non-hydrogen) atoms. The summed E-state index contributed by atoms with van der Waals surface area (Å²) in [6, 6.07) is 9.42. The standard InChI is InChI=1S/C15H16FNO4S2/c1-11-3-6-13(16)9-15(11)23(20,21)17-10-12-4-7-14(8-5-12)22(2,18)19/h3-9,17H,10H2,1-2H3. The number of sulfone groups is 1. The molecule has 0 amide bonds. The molecule has 1 N–H and O–H groups in total. The molecule has 0 bridgehead atoms. The van der Waals surface area contributed by atoms with Gasteiger partial charge in [-0.25, -0.2) is 25.9 Å². The van der Waals surface area contributed by atoms with Gasteiger partial charge in [-0.05, 0) is 42.3 Å². The molecule has 0 saturated carbocycles. The van der Waals surface area contributed by atoms with Crippen LogP contribution in [0.3, 0.4) is 0 Å². The van der Waals surface area contributed by atoms with Crippen molar-refractivity contribution in [2.45, 2.75) is 23.3 Å². The number of nitrogens with one attached hydrogen (secondary N) is 1. The molecule has 0 spiro atoms. The second-order valence-electron chi connectivity index (χ2n) is 5.15. The molecule has 0 unspecified atom stereocenters. The molecule has 5 nitrogen and oxygen atoms in total. The largest absolute Gasteiger partial charge is 0.241 e. The lowest BCUT2D eigenvalue weighted by molar-refractivity contribution is 0.576. The maximum absolute atomic E-state index is 13.2. The van der Waals surface area contributed by atoms with Crippen molar-refractivity contribution in [3.05, 3.63) is 59.4 Å². The van der Waals surface area contributed by atoms with Crippen molar-refractivity contribution < 1.29 is 21.2 Å². The van der Waals surface area contributed by atoms with Gasteiger partial charge in [0.05, 0.1) is 9.79 Å². The van der Waals surface area contributed by atoms with Crippen LogP contribution in [0.25, 0.3) is 0 Å². The Morgan fingerprint density at radius 3 is 2.17 bits per heavy atom.